The molecule has 2 aromatic rings. The molecular formula is C14H12BrN3O. The number of hydrogen-bond acceptors (Lipinski definition) is 3. The van der Waals surface area contributed by atoms with Gasteiger partial charge in [0, 0.05) is 21.7 Å². The SMILES string of the molecule is C#CCNC(=O)CNc1ccnc2cc(Br)ccc12. The molecule has 0 unspecified atom stereocenters. The van der Waals surface area contributed by atoms with Gasteiger partial charge in [-0.1, -0.05) is 21.9 Å². The maximum absolute atomic E-state index is 11.5. The Balaban J connectivity index is 2.13. The lowest BCUT2D eigenvalue weighted by atomic mass is 10.2. The van der Waals surface area contributed by atoms with Gasteiger partial charge in [-0.2, -0.15) is 0 Å². The number of carbonyl (C=O) groups excluding carboxylic acids is 1. The number of nitrogens with zero attached hydrogens (tertiary/aromatic N) is 1. The zero-order valence-electron chi connectivity index (χ0n) is 10.1. The monoisotopic (exact) mass is 317 g/mol. The number of halogens is 1. The molecule has 1 aromatic carbocycles. The number of nitrogens with one attached hydrogen (secondary N) is 2. The molecule has 5 heteroatoms. The second-order valence-electron chi connectivity index (χ2n) is 3.85. The lowest BCUT2D eigenvalue weighted by Crippen LogP contribution is -2.30. The van der Waals surface area contributed by atoms with E-state index < -0.39 is 0 Å². The summed E-state index contributed by atoms with van der Waals surface area (Å²) in [6, 6.07) is 7.66. The van der Waals surface area contributed by atoms with Crippen LogP contribution in [0, 0.1) is 12.3 Å². The summed E-state index contributed by atoms with van der Waals surface area (Å²) in [7, 11) is 0. The van der Waals surface area contributed by atoms with E-state index in [0.717, 1.165) is 21.1 Å². The van der Waals surface area contributed by atoms with Crippen molar-refractivity contribution in [3.05, 3.63) is 34.9 Å². The number of fused-ring (bicyclic) bond motifs is 1. The molecule has 0 atom stereocenters. The minimum Gasteiger partial charge on any atom is -0.376 e. The van der Waals surface area contributed by atoms with Crippen LogP contribution in [0.25, 0.3) is 10.9 Å². The van der Waals surface area contributed by atoms with Crippen LogP contribution in [0.3, 0.4) is 0 Å². The summed E-state index contributed by atoms with van der Waals surface area (Å²) in [5, 5.41) is 6.65. The Hall–Kier alpha value is -2.06. The second kappa shape index (κ2) is 6.21. The lowest BCUT2D eigenvalue weighted by molar-refractivity contribution is -0.119. The van der Waals surface area contributed by atoms with E-state index in [1.165, 1.54) is 0 Å². The molecule has 96 valence electrons. The third-order valence-electron chi connectivity index (χ3n) is 2.53. The predicted molar refractivity (Wildman–Crippen MR) is 79.8 cm³/mol. The molecule has 1 heterocycles. The van der Waals surface area contributed by atoms with Gasteiger partial charge in [0.2, 0.25) is 5.91 Å². The Kier molecular flexibility index (Phi) is 4.37. The van der Waals surface area contributed by atoms with Gasteiger partial charge in [-0.25, -0.2) is 0 Å². The van der Waals surface area contributed by atoms with E-state index in [0.29, 0.717) is 0 Å². The number of terminal acetylenes is 1. The fourth-order valence-corrected chi connectivity index (χ4v) is 2.01. The molecule has 0 spiro atoms. The largest absolute Gasteiger partial charge is 0.376 e. The molecule has 0 saturated heterocycles. The number of aromatic nitrogens is 1. The third kappa shape index (κ3) is 3.46. The summed E-state index contributed by atoms with van der Waals surface area (Å²) >= 11 is 3.40. The van der Waals surface area contributed by atoms with E-state index in [1.807, 2.05) is 24.3 Å². The summed E-state index contributed by atoms with van der Waals surface area (Å²) in [5.74, 6) is 2.22. The van der Waals surface area contributed by atoms with Gasteiger partial charge in [0.1, 0.15) is 0 Å². The average Bonchev–Trinajstić information content (AvgIpc) is 2.42. The standard InChI is InChI=1S/C14H12BrN3O/c1-2-6-17-14(19)9-18-12-5-7-16-13-8-10(15)3-4-11(12)13/h1,3-5,7-8H,6,9H2,(H,16,18)(H,17,19). The minimum atomic E-state index is -0.139. The number of anilines is 1. The van der Waals surface area contributed by atoms with Crippen molar-refractivity contribution in [1.82, 2.24) is 10.3 Å². The molecule has 4 nitrogen and oxygen atoms in total. The quantitative estimate of drug-likeness (QED) is 0.850. The summed E-state index contributed by atoms with van der Waals surface area (Å²) in [6.45, 7) is 0.418. The van der Waals surface area contributed by atoms with Crippen LogP contribution in [0.1, 0.15) is 0 Å². The van der Waals surface area contributed by atoms with Crippen LogP contribution >= 0.6 is 15.9 Å². The van der Waals surface area contributed by atoms with Crippen molar-refractivity contribution in [3.63, 3.8) is 0 Å². The number of pyridine rings is 1. The summed E-state index contributed by atoms with van der Waals surface area (Å²) in [6.07, 6.45) is 6.78. The van der Waals surface area contributed by atoms with Crippen LogP contribution in [0.15, 0.2) is 34.9 Å². The molecular weight excluding hydrogens is 306 g/mol. The summed E-state index contributed by atoms with van der Waals surface area (Å²) in [5.41, 5.74) is 1.73. The van der Waals surface area contributed by atoms with Crippen LogP contribution < -0.4 is 10.6 Å². The van der Waals surface area contributed by atoms with Crippen LogP contribution in [-0.2, 0) is 4.79 Å². The first kappa shape index (κ1) is 13.4. The Labute approximate surface area is 119 Å². The number of rotatable bonds is 4. The number of hydrogen-bond donors (Lipinski definition) is 2. The minimum absolute atomic E-state index is 0.139. The van der Waals surface area contributed by atoms with Gasteiger partial charge in [-0.05, 0) is 24.3 Å². The van der Waals surface area contributed by atoms with Gasteiger partial charge >= 0.3 is 0 Å². The highest BCUT2D eigenvalue weighted by atomic mass is 79.9. The van der Waals surface area contributed by atoms with E-state index >= 15 is 0 Å². The van der Waals surface area contributed by atoms with Gasteiger partial charge in [0.15, 0.2) is 0 Å². The molecule has 0 aliphatic rings. The van der Waals surface area contributed by atoms with Crippen molar-refractivity contribution in [3.8, 4) is 12.3 Å². The van der Waals surface area contributed by atoms with Crippen molar-refractivity contribution < 1.29 is 4.79 Å². The predicted octanol–water partition coefficient (Wildman–Crippen LogP) is 2.16. The second-order valence-corrected chi connectivity index (χ2v) is 4.77. The first-order chi connectivity index (χ1) is 9.20. The highest BCUT2D eigenvalue weighted by Gasteiger charge is 2.04. The maximum atomic E-state index is 11.5. The zero-order valence-corrected chi connectivity index (χ0v) is 11.7. The molecule has 0 bridgehead atoms. The van der Waals surface area contributed by atoms with Crippen LogP contribution in [-0.4, -0.2) is 24.0 Å². The number of benzene rings is 1. The Morgan fingerprint density at radius 2 is 2.26 bits per heavy atom. The topological polar surface area (TPSA) is 54.0 Å². The van der Waals surface area contributed by atoms with Crippen molar-refractivity contribution in [1.29, 1.82) is 0 Å². The highest BCUT2D eigenvalue weighted by Crippen LogP contribution is 2.24. The molecule has 0 aliphatic heterocycles. The Morgan fingerprint density at radius 3 is 3.05 bits per heavy atom. The van der Waals surface area contributed by atoms with Crippen molar-refractivity contribution in [2.24, 2.45) is 0 Å². The summed E-state index contributed by atoms with van der Waals surface area (Å²) < 4.78 is 0.969. The van der Waals surface area contributed by atoms with Crippen molar-refractivity contribution in [2.75, 3.05) is 18.4 Å². The third-order valence-corrected chi connectivity index (χ3v) is 3.03. The zero-order chi connectivity index (χ0) is 13.7. The van der Waals surface area contributed by atoms with E-state index in [9.17, 15) is 4.79 Å². The van der Waals surface area contributed by atoms with E-state index in [1.54, 1.807) is 6.20 Å². The first-order valence-corrected chi connectivity index (χ1v) is 6.48. The maximum Gasteiger partial charge on any atom is 0.240 e. The highest BCUT2D eigenvalue weighted by molar-refractivity contribution is 9.10. The Bertz CT molecular complexity index is 649. The number of carbonyl (C=O) groups is 1. The van der Waals surface area contributed by atoms with Crippen molar-refractivity contribution in [2.45, 2.75) is 0 Å². The number of amides is 1. The molecule has 2 rings (SSSR count). The molecule has 2 N–H and O–H groups in total. The van der Waals surface area contributed by atoms with Crippen LogP contribution in [0.2, 0.25) is 0 Å². The normalized spacial score (nSPS) is 9.89. The molecule has 19 heavy (non-hydrogen) atoms. The molecule has 0 radical (unpaired) electrons. The summed E-state index contributed by atoms with van der Waals surface area (Å²) in [4.78, 5) is 15.8. The van der Waals surface area contributed by atoms with Gasteiger partial charge in [-0.3, -0.25) is 9.78 Å². The fraction of sp³-hybridized carbons (Fsp3) is 0.143. The Morgan fingerprint density at radius 1 is 1.42 bits per heavy atom. The molecule has 0 saturated carbocycles. The van der Waals surface area contributed by atoms with Crippen LogP contribution in [0.5, 0.6) is 0 Å². The van der Waals surface area contributed by atoms with E-state index in [-0.39, 0.29) is 19.0 Å². The smallest absolute Gasteiger partial charge is 0.240 e. The lowest BCUT2D eigenvalue weighted by Gasteiger charge is -2.09. The van der Waals surface area contributed by atoms with Crippen LogP contribution in [0.4, 0.5) is 5.69 Å². The molecule has 1 aromatic heterocycles. The molecule has 0 fully saturated rings. The van der Waals surface area contributed by atoms with Crippen molar-refractivity contribution >= 4 is 38.4 Å². The van der Waals surface area contributed by atoms with Gasteiger partial charge in [-0.15, -0.1) is 6.42 Å². The average molecular weight is 318 g/mol. The van der Waals surface area contributed by atoms with E-state index in [2.05, 4.69) is 37.5 Å². The van der Waals surface area contributed by atoms with Gasteiger partial charge in [0.25, 0.3) is 0 Å². The van der Waals surface area contributed by atoms with Gasteiger partial charge in [0.05, 0.1) is 18.6 Å². The molecule has 0 aliphatic carbocycles. The fourth-order valence-electron chi connectivity index (χ4n) is 1.66. The van der Waals surface area contributed by atoms with E-state index in [4.69, 9.17) is 6.42 Å². The van der Waals surface area contributed by atoms with Gasteiger partial charge < -0.3 is 10.6 Å². The first-order valence-electron chi connectivity index (χ1n) is 5.69. The molecule has 1 amide bonds.